The van der Waals surface area contributed by atoms with Gasteiger partial charge in [0.2, 0.25) is 0 Å². The summed E-state index contributed by atoms with van der Waals surface area (Å²) in [6.07, 6.45) is 0.818. The Morgan fingerprint density at radius 3 is 2.32 bits per heavy atom. The summed E-state index contributed by atoms with van der Waals surface area (Å²) < 4.78 is 14.9. The average Bonchev–Trinajstić information content (AvgIpc) is 2.83. The highest BCUT2D eigenvalue weighted by Gasteiger charge is 2.38. The largest absolute Gasteiger partial charge is 0.324 e. The van der Waals surface area contributed by atoms with Crippen molar-refractivity contribution in [2.45, 2.75) is 18.9 Å². The van der Waals surface area contributed by atoms with Gasteiger partial charge in [-0.15, -0.1) is 0 Å². The van der Waals surface area contributed by atoms with Crippen LogP contribution in [0.5, 0.6) is 0 Å². The second-order valence-electron chi connectivity index (χ2n) is 8.67. The molecule has 3 aromatic rings. The van der Waals surface area contributed by atoms with Gasteiger partial charge in [0.25, 0.3) is 5.56 Å². The molecule has 2 aliphatic rings. The number of likely N-dealkylation sites (tertiary alicyclic amines) is 1. The van der Waals surface area contributed by atoms with E-state index in [0.29, 0.717) is 36.7 Å². The van der Waals surface area contributed by atoms with Gasteiger partial charge in [0.1, 0.15) is 5.82 Å². The molecular weight excluding hydrogens is 437 g/mol. The average molecular weight is 461 g/mol. The van der Waals surface area contributed by atoms with E-state index >= 15 is 0 Å². The lowest BCUT2D eigenvalue weighted by molar-refractivity contribution is 0.140. The number of aromatic nitrogens is 1. The lowest BCUT2D eigenvalue weighted by Gasteiger charge is -2.43. The Hall–Kier alpha value is -4.14. The van der Waals surface area contributed by atoms with Crippen LogP contribution in [0.2, 0.25) is 0 Å². The van der Waals surface area contributed by atoms with Crippen LogP contribution in [0.1, 0.15) is 18.0 Å². The summed E-state index contributed by atoms with van der Waals surface area (Å²) in [5.41, 5.74) is 2.33. The standard InChI is InChI=1S/C25H24FN5O3/c26-18-6-8-20(9-7-18)28-25(34)30-13-16-12-17(15-30)23-21(10-11-22(32)31(23)14-16)29-24(33)27-19-4-2-1-3-5-19/h1-11,16-17H,12-15H2,(H,28,34)(H2,27,29,33). The van der Waals surface area contributed by atoms with Gasteiger partial charge >= 0.3 is 12.1 Å². The quantitative estimate of drug-likeness (QED) is 0.543. The SMILES string of the molecule is O=C(Nc1ccccc1)Nc1ccc(=O)n2c1C1CC(CN(C(=O)Nc3ccc(F)cc3)C1)C2. The molecule has 174 valence electrons. The molecule has 9 heteroatoms. The van der Waals surface area contributed by atoms with Gasteiger partial charge in [0, 0.05) is 48.7 Å². The Kier molecular flexibility index (Phi) is 5.75. The molecular formula is C25H24FN5O3. The van der Waals surface area contributed by atoms with E-state index in [9.17, 15) is 18.8 Å². The van der Waals surface area contributed by atoms with Crippen molar-refractivity contribution in [2.75, 3.05) is 29.0 Å². The number of carbonyl (C=O) groups is 2. The number of piperidine rings is 1. The van der Waals surface area contributed by atoms with E-state index in [-0.39, 0.29) is 29.2 Å². The summed E-state index contributed by atoms with van der Waals surface area (Å²) >= 11 is 0. The fraction of sp³-hybridized carbons (Fsp3) is 0.240. The van der Waals surface area contributed by atoms with E-state index in [1.165, 1.54) is 30.3 Å². The minimum Gasteiger partial charge on any atom is -0.324 e. The fourth-order valence-electron chi connectivity index (χ4n) is 4.83. The van der Waals surface area contributed by atoms with Crippen molar-refractivity contribution in [2.24, 2.45) is 5.92 Å². The number of benzene rings is 2. The lowest BCUT2D eigenvalue weighted by atomic mass is 9.82. The van der Waals surface area contributed by atoms with Crippen LogP contribution < -0.4 is 21.5 Å². The Bertz CT molecular complexity index is 1280. The van der Waals surface area contributed by atoms with Crippen LogP contribution in [-0.2, 0) is 6.54 Å². The van der Waals surface area contributed by atoms with Gasteiger partial charge in [-0.2, -0.15) is 0 Å². The van der Waals surface area contributed by atoms with Gasteiger partial charge in [-0.3, -0.25) is 4.79 Å². The van der Waals surface area contributed by atoms with Crippen molar-refractivity contribution < 1.29 is 14.0 Å². The monoisotopic (exact) mass is 461 g/mol. The van der Waals surface area contributed by atoms with Gasteiger partial charge in [-0.1, -0.05) is 18.2 Å². The van der Waals surface area contributed by atoms with Crippen LogP contribution in [0.25, 0.3) is 0 Å². The van der Waals surface area contributed by atoms with E-state index in [4.69, 9.17) is 0 Å². The molecule has 2 bridgehead atoms. The number of para-hydroxylation sites is 1. The van der Waals surface area contributed by atoms with Gasteiger partial charge in [-0.25, -0.2) is 14.0 Å². The maximum atomic E-state index is 13.2. The van der Waals surface area contributed by atoms with Crippen LogP contribution >= 0.6 is 0 Å². The van der Waals surface area contributed by atoms with Crippen LogP contribution in [0.3, 0.4) is 0 Å². The summed E-state index contributed by atoms with van der Waals surface area (Å²) in [5.74, 6) is -0.354. The topological polar surface area (TPSA) is 95.5 Å². The third-order valence-electron chi connectivity index (χ3n) is 6.25. The zero-order valence-corrected chi connectivity index (χ0v) is 18.3. The fourth-order valence-corrected chi connectivity index (χ4v) is 4.83. The number of nitrogens with zero attached hydrogens (tertiary/aromatic N) is 2. The summed E-state index contributed by atoms with van der Waals surface area (Å²) in [4.78, 5) is 39.9. The number of anilines is 3. The second kappa shape index (κ2) is 9.01. The highest BCUT2D eigenvalue weighted by atomic mass is 19.1. The first-order valence-electron chi connectivity index (χ1n) is 11.1. The molecule has 1 aromatic heterocycles. The number of urea groups is 2. The Morgan fingerprint density at radius 1 is 0.824 bits per heavy atom. The highest BCUT2D eigenvalue weighted by molar-refractivity contribution is 6.00. The normalized spacial score (nSPS) is 18.6. The van der Waals surface area contributed by atoms with Crippen molar-refractivity contribution in [3.8, 4) is 0 Å². The number of pyridine rings is 1. The van der Waals surface area contributed by atoms with Gasteiger partial charge in [0.05, 0.1) is 5.69 Å². The van der Waals surface area contributed by atoms with Crippen LogP contribution in [0, 0.1) is 11.7 Å². The molecule has 3 heterocycles. The molecule has 0 aliphatic carbocycles. The molecule has 3 N–H and O–H groups in total. The zero-order valence-electron chi connectivity index (χ0n) is 18.3. The molecule has 1 fully saturated rings. The number of fused-ring (bicyclic) bond motifs is 4. The van der Waals surface area contributed by atoms with Crippen molar-refractivity contribution in [1.82, 2.24) is 9.47 Å². The molecule has 8 nitrogen and oxygen atoms in total. The molecule has 2 aliphatic heterocycles. The van der Waals surface area contributed by atoms with E-state index in [1.54, 1.807) is 27.7 Å². The first-order valence-corrected chi connectivity index (χ1v) is 11.1. The number of carbonyl (C=O) groups excluding carboxylic acids is 2. The third-order valence-corrected chi connectivity index (χ3v) is 6.25. The van der Waals surface area contributed by atoms with E-state index in [1.807, 2.05) is 18.2 Å². The van der Waals surface area contributed by atoms with E-state index in [0.717, 1.165) is 12.1 Å². The third kappa shape index (κ3) is 4.50. The summed E-state index contributed by atoms with van der Waals surface area (Å²) in [7, 11) is 0. The van der Waals surface area contributed by atoms with Gasteiger partial charge in [-0.05, 0) is 54.8 Å². The van der Waals surface area contributed by atoms with Crippen molar-refractivity contribution >= 4 is 29.1 Å². The predicted molar refractivity (Wildman–Crippen MR) is 128 cm³/mol. The minimum absolute atomic E-state index is 0.104. The molecule has 34 heavy (non-hydrogen) atoms. The van der Waals surface area contributed by atoms with Gasteiger partial charge in [0.15, 0.2) is 0 Å². The van der Waals surface area contributed by atoms with Crippen LogP contribution in [-0.4, -0.2) is 34.6 Å². The summed E-state index contributed by atoms with van der Waals surface area (Å²) in [6, 6.07) is 17.1. The predicted octanol–water partition coefficient (Wildman–Crippen LogP) is 4.28. The highest BCUT2D eigenvalue weighted by Crippen LogP contribution is 2.38. The van der Waals surface area contributed by atoms with Crippen molar-refractivity contribution in [3.05, 3.63) is 88.6 Å². The number of rotatable bonds is 3. The number of amides is 4. The zero-order chi connectivity index (χ0) is 23.7. The maximum absolute atomic E-state index is 13.2. The first kappa shape index (κ1) is 21.7. The molecule has 1 saturated heterocycles. The molecule has 2 unspecified atom stereocenters. The van der Waals surface area contributed by atoms with Crippen LogP contribution in [0.4, 0.5) is 31.0 Å². The summed E-state index contributed by atoms with van der Waals surface area (Å²) in [5, 5.41) is 8.47. The first-order chi connectivity index (χ1) is 16.5. The molecule has 0 spiro atoms. The molecule has 5 rings (SSSR count). The number of halogens is 1. The summed E-state index contributed by atoms with van der Waals surface area (Å²) in [6.45, 7) is 1.39. The Labute approximate surface area is 195 Å². The number of nitrogens with one attached hydrogen (secondary N) is 3. The minimum atomic E-state index is -0.406. The molecule has 2 atom stereocenters. The van der Waals surface area contributed by atoms with Crippen molar-refractivity contribution in [3.63, 3.8) is 0 Å². The number of hydrogen-bond acceptors (Lipinski definition) is 3. The smallest absolute Gasteiger partial charge is 0.323 e. The maximum Gasteiger partial charge on any atom is 0.323 e. The molecule has 0 saturated carbocycles. The van der Waals surface area contributed by atoms with Gasteiger partial charge < -0.3 is 25.4 Å². The Morgan fingerprint density at radius 2 is 1.56 bits per heavy atom. The van der Waals surface area contributed by atoms with Crippen LogP contribution in [0.15, 0.2) is 71.5 Å². The van der Waals surface area contributed by atoms with E-state index in [2.05, 4.69) is 16.0 Å². The Balaban J connectivity index is 1.35. The molecule has 4 amide bonds. The van der Waals surface area contributed by atoms with E-state index < -0.39 is 6.03 Å². The van der Waals surface area contributed by atoms with Crippen molar-refractivity contribution in [1.29, 1.82) is 0 Å². The second-order valence-corrected chi connectivity index (χ2v) is 8.67. The molecule has 2 aromatic carbocycles. The number of hydrogen-bond donors (Lipinski definition) is 3. The molecule has 0 radical (unpaired) electrons. The lowest BCUT2D eigenvalue weighted by Crippen LogP contribution is -2.50.